The zero-order valence-electron chi connectivity index (χ0n) is 9.49. The lowest BCUT2D eigenvalue weighted by molar-refractivity contribution is 0.0342. The van der Waals surface area contributed by atoms with Crippen LogP contribution in [0.4, 0.5) is 0 Å². The van der Waals surface area contributed by atoms with Crippen LogP contribution < -0.4 is 0 Å². The fraction of sp³-hybridized carbons (Fsp3) is 0.385. The predicted octanol–water partition coefficient (Wildman–Crippen LogP) is 2.92. The van der Waals surface area contributed by atoms with Crippen molar-refractivity contribution in [1.29, 1.82) is 0 Å². The van der Waals surface area contributed by atoms with Gasteiger partial charge in [-0.05, 0) is 18.2 Å². The second-order valence-corrected chi connectivity index (χ2v) is 4.73. The molecule has 90 valence electrons. The molecule has 0 amide bonds. The summed E-state index contributed by atoms with van der Waals surface area (Å²) < 4.78 is 10.9. The smallest absolute Gasteiger partial charge is 0.135 e. The summed E-state index contributed by atoms with van der Waals surface area (Å²) in [5, 5.41) is 1.87. The van der Waals surface area contributed by atoms with Gasteiger partial charge in [-0.3, -0.25) is 4.90 Å². The first-order chi connectivity index (χ1) is 8.33. The monoisotopic (exact) mass is 251 g/mol. The number of fused-ring (bicyclic) bond motifs is 1. The number of furan rings is 1. The summed E-state index contributed by atoms with van der Waals surface area (Å²) in [4.78, 5) is 2.38. The van der Waals surface area contributed by atoms with Crippen molar-refractivity contribution < 1.29 is 9.15 Å². The summed E-state index contributed by atoms with van der Waals surface area (Å²) in [6.07, 6.45) is 1.83. The Hall–Kier alpha value is -1.03. The van der Waals surface area contributed by atoms with E-state index in [1.807, 2.05) is 24.5 Å². The standard InChI is InChI=1S/C13H14ClNO2/c14-11-1-2-12-10(9-17-13(12)7-11)8-15-3-5-16-6-4-15/h1-2,7,9H,3-6,8H2. The third kappa shape index (κ3) is 2.32. The number of benzene rings is 1. The van der Waals surface area contributed by atoms with Crippen molar-refractivity contribution in [2.45, 2.75) is 6.54 Å². The molecule has 0 unspecified atom stereocenters. The van der Waals surface area contributed by atoms with E-state index >= 15 is 0 Å². The Labute approximate surface area is 105 Å². The molecule has 1 aromatic carbocycles. The molecular formula is C13H14ClNO2. The lowest BCUT2D eigenvalue weighted by Gasteiger charge is -2.26. The topological polar surface area (TPSA) is 25.6 Å². The molecule has 4 heteroatoms. The molecule has 17 heavy (non-hydrogen) atoms. The molecule has 0 bridgehead atoms. The van der Waals surface area contributed by atoms with Crippen LogP contribution in [0.2, 0.25) is 5.02 Å². The highest BCUT2D eigenvalue weighted by molar-refractivity contribution is 6.31. The highest BCUT2D eigenvalue weighted by atomic mass is 35.5. The van der Waals surface area contributed by atoms with Crippen LogP contribution in [0.3, 0.4) is 0 Å². The van der Waals surface area contributed by atoms with Gasteiger partial charge in [-0.2, -0.15) is 0 Å². The predicted molar refractivity (Wildman–Crippen MR) is 67.3 cm³/mol. The van der Waals surface area contributed by atoms with Gasteiger partial charge >= 0.3 is 0 Å². The third-order valence-electron chi connectivity index (χ3n) is 3.12. The number of nitrogens with zero attached hydrogens (tertiary/aromatic N) is 1. The van der Waals surface area contributed by atoms with Crippen LogP contribution in [0.15, 0.2) is 28.9 Å². The quantitative estimate of drug-likeness (QED) is 0.821. The van der Waals surface area contributed by atoms with Gasteiger partial charge < -0.3 is 9.15 Å². The average Bonchev–Trinajstić information content (AvgIpc) is 2.73. The maximum absolute atomic E-state index is 5.93. The SMILES string of the molecule is Clc1ccc2c(CN3CCOCC3)coc2c1. The second-order valence-electron chi connectivity index (χ2n) is 4.29. The van der Waals surface area contributed by atoms with Crippen molar-refractivity contribution in [2.24, 2.45) is 0 Å². The Balaban J connectivity index is 1.84. The zero-order valence-corrected chi connectivity index (χ0v) is 10.2. The van der Waals surface area contributed by atoms with E-state index in [1.54, 1.807) is 0 Å². The van der Waals surface area contributed by atoms with E-state index in [-0.39, 0.29) is 0 Å². The van der Waals surface area contributed by atoms with Gasteiger partial charge in [0, 0.05) is 35.6 Å². The molecule has 0 N–H and O–H groups in total. The lowest BCUT2D eigenvalue weighted by Crippen LogP contribution is -2.35. The van der Waals surface area contributed by atoms with Gasteiger partial charge in [-0.15, -0.1) is 0 Å². The average molecular weight is 252 g/mol. The van der Waals surface area contributed by atoms with Crippen LogP contribution >= 0.6 is 11.6 Å². The maximum Gasteiger partial charge on any atom is 0.135 e. The van der Waals surface area contributed by atoms with E-state index in [0.717, 1.165) is 43.8 Å². The molecule has 0 radical (unpaired) electrons. The highest BCUT2D eigenvalue weighted by Crippen LogP contribution is 2.25. The minimum absolute atomic E-state index is 0.713. The van der Waals surface area contributed by atoms with Crippen LogP contribution in [0, 0.1) is 0 Å². The fourth-order valence-corrected chi connectivity index (χ4v) is 2.34. The second kappa shape index (κ2) is 4.69. The number of morpholine rings is 1. The Bertz CT molecular complexity index is 517. The van der Waals surface area contributed by atoms with E-state index in [1.165, 1.54) is 5.56 Å². The van der Waals surface area contributed by atoms with Gasteiger partial charge in [0.25, 0.3) is 0 Å². The minimum Gasteiger partial charge on any atom is -0.464 e. The Morgan fingerprint density at radius 2 is 2.06 bits per heavy atom. The van der Waals surface area contributed by atoms with E-state index in [0.29, 0.717) is 5.02 Å². The minimum atomic E-state index is 0.713. The number of rotatable bonds is 2. The van der Waals surface area contributed by atoms with Crippen molar-refractivity contribution in [2.75, 3.05) is 26.3 Å². The molecule has 0 aliphatic carbocycles. The molecule has 3 nitrogen and oxygen atoms in total. The van der Waals surface area contributed by atoms with Crippen molar-refractivity contribution in [3.8, 4) is 0 Å². The van der Waals surface area contributed by atoms with Crippen LogP contribution in [-0.2, 0) is 11.3 Å². The van der Waals surface area contributed by atoms with Gasteiger partial charge in [0.1, 0.15) is 5.58 Å². The summed E-state index contributed by atoms with van der Waals surface area (Å²) in [7, 11) is 0. The van der Waals surface area contributed by atoms with Gasteiger partial charge in [0.2, 0.25) is 0 Å². The number of halogens is 1. The number of hydrogen-bond acceptors (Lipinski definition) is 3. The molecule has 3 rings (SSSR count). The molecule has 0 spiro atoms. The first kappa shape index (κ1) is 11.1. The Morgan fingerprint density at radius 1 is 1.24 bits per heavy atom. The fourth-order valence-electron chi connectivity index (χ4n) is 2.18. The first-order valence-corrected chi connectivity index (χ1v) is 6.16. The summed E-state index contributed by atoms with van der Waals surface area (Å²) in [5.41, 5.74) is 2.08. The van der Waals surface area contributed by atoms with Crippen LogP contribution in [0.5, 0.6) is 0 Å². The highest BCUT2D eigenvalue weighted by Gasteiger charge is 2.14. The number of hydrogen-bond donors (Lipinski definition) is 0. The summed E-state index contributed by atoms with van der Waals surface area (Å²) >= 11 is 5.93. The zero-order chi connectivity index (χ0) is 11.7. The molecule has 2 heterocycles. The van der Waals surface area contributed by atoms with Gasteiger partial charge in [0.05, 0.1) is 19.5 Å². The summed E-state index contributed by atoms with van der Waals surface area (Å²) in [6.45, 7) is 4.53. The van der Waals surface area contributed by atoms with Crippen LogP contribution in [-0.4, -0.2) is 31.2 Å². The van der Waals surface area contributed by atoms with Gasteiger partial charge in [-0.1, -0.05) is 11.6 Å². The largest absolute Gasteiger partial charge is 0.464 e. The van der Waals surface area contributed by atoms with E-state index in [9.17, 15) is 0 Å². The maximum atomic E-state index is 5.93. The first-order valence-electron chi connectivity index (χ1n) is 5.79. The molecule has 1 aliphatic heterocycles. The molecule has 1 aromatic heterocycles. The van der Waals surface area contributed by atoms with E-state index in [4.69, 9.17) is 20.8 Å². The summed E-state index contributed by atoms with van der Waals surface area (Å²) in [6, 6.07) is 5.79. The Morgan fingerprint density at radius 3 is 2.88 bits per heavy atom. The summed E-state index contributed by atoms with van der Waals surface area (Å²) in [5.74, 6) is 0. The third-order valence-corrected chi connectivity index (χ3v) is 3.35. The van der Waals surface area contributed by atoms with Crippen molar-refractivity contribution in [1.82, 2.24) is 4.90 Å². The van der Waals surface area contributed by atoms with Crippen molar-refractivity contribution in [3.63, 3.8) is 0 Å². The Kier molecular flexibility index (Phi) is 3.05. The van der Waals surface area contributed by atoms with Crippen molar-refractivity contribution in [3.05, 3.63) is 35.0 Å². The van der Waals surface area contributed by atoms with Crippen molar-refractivity contribution >= 4 is 22.6 Å². The van der Waals surface area contributed by atoms with Crippen LogP contribution in [0.1, 0.15) is 5.56 Å². The van der Waals surface area contributed by atoms with E-state index < -0.39 is 0 Å². The molecule has 1 fully saturated rings. The molecule has 2 aromatic rings. The molecule has 0 saturated carbocycles. The van der Waals surface area contributed by atoms with Gasteiger partial charge in [0.15, 0.2) is 0 Å². The molecule has 1 aliphatic rings. The van der Waals surface area contributed by atoms with Gasteiger partial charge in [-0.25, -0.2) is 0 Å². The molecular weight excluding hydrogens is 238 g/mol. The van der Waals surface area contributed by atoms with Crippen LogP contribution in [0.25, 0.3) is 11.0 Å². The normalized spacial score (nSPS) is 17.7. The lowest BCUT2D eigenvalue weighted by atomic mass is 10.1. The number of ether oxygens (including phenoxy) is 1. The van der Waals surface area contributed by atoms with E-state index in [2.05, 4.69) is 4.90 Å². The molecule has 0 atom stereocenters. The molecule has 1 saturated heterocycles.